The summed E-state index contributed by atoms with van der Waals surface area (Å²) in [5.41, 5.74) is 0.944. The molecule has 1 unspecified atom stereocenters. The first kappa shape index (κ1) is 28.7. The lowest BCUT2D eigenvalue weighted by Crippen LogP contribution is -2.51. The number of methoxy groups -OCH3 is 1. The van der Waals surface area contributed by atoms with Gasteiger partial charge in [0.05, 0.1) is 29.1 Å². The Morgan fingerprint density at radius 3 is 2.17 bits per heavy atom. The van der Waals surface area contributed by atoms with Crippen molar-refractivity contribution in [3.63, 3.8) is 0 Å². The van der Waals surface area contributed by atoms with E-state index in [1.54, 1.807) is 38.3 Å². The molecule has 8 nitrogen and oxygen atoms in total. The standard InChI is InChI=1S/C24H31Cl2N3O5S/c1-16(2)13-27-24(31)17(3)28(14-18-6-9-20(34-4)10-7-18)23(30)15-29(35(5,32)33)19-8-11-21(25)22(26)12-19/h6-12,16-17H,13-15H2,1-5H3,(H,27,31). The number of hydrogen-bond acceptors (Lipinski definition) is 5. The minimum Gasteiger partial charge on any atom is -0.497 e. The monoisotopic (exact) mass is 543 g/mol. The number of hydrogen-bond donors (Lipinski definition) is 1. The van der Waals surface area contributed by atoms with Gasteiger partial charge < -0.3 is 15.0 Å². The van der Waals surface area contributed by atoms with Gasteiger partial charge in [-0.3, -0.25) is 13.9 Å². The Balaban J connectivity index is 2.38. The third-order valence-electron chi connectivity index (χ3n) is 5.23. The molecular weight excluding hydrogens is 513 g/mol. The highest BCUT2D eigenvalue weighted by Crippen LogP contribution is 2.28. The SMILES string of the molecule is COc1ccc(CN(C(=O)CN(c2ccc(Cl)c(Cl)c2)S(C)(=O)=O)C(C)C(=O)NCC(C)C)cc1. The summed E-state index contributed by atoms with van der Waals surface area (Å²) < 4.78 is 31.3. The molecule has 1 atom stereocenters. The average Bonchev–Trinajstić information content (AvgIpc) is 2.80. The molecule has 2 aromatic rings. The van der Waals surface area contributed by atoms with E-state index < -0.39 is 28.5 Å². The first-order chi connectivity index (χ1) is 16.3. The summed E-state index contributed by atoms with van der Waals surface area (Å²) in [5, 5.41) is 3.24. The Kier molecular flexibility index (Phi) is 10.2. The lowest BCUT2D eigenvalue weighted by atomic mass is 10.1. The summed E-state index contributed by atoms with van der Waals surface area (Å²) in [6.07, 6.45) is 0.995. The maximum Gasteiger partial charge on any atom is 0.244 e. The molecular formula is C24H31Cl2N3O5S. The quantitative estimate of drug-likeness (QED) is 0.462. The van der Waals surface area contributed by atoms with Gasteiger partial charge in [-0.15, -0.1) is 0 Å². The summed E-state index contributed by atoms with van der Waals surface area (Å²) >= 11 is 12.0. The normalized spacial score (nSPS) is 12.2. The molecule has 0 aliphatic carbocycles. The second kappa shape index (κ2) is 12.5. The number of carbonyl (C=O) groups excluding carboxylic acids is 2. The molecule has 2 rings (SSSR count). The highest BCUT2D eigenvalue weighted by molar-refractivity contribution is 7.92. The molecule has 0 spiro atoms. The molecule has 0 saturated carbocycles. The van der Waals surface area contributed by atoms with Gasteiger partial charge in [0.1, 0.15) is 18.3 Å². The molecule has 0 fully saturated rings. The minimum atomic E-state index is -3.86. The van der Waals surface area contributed by atoms with E-state index in [1.807, 2.05) is 13.8 Å². The topological polar surface area (TPSA) is 96.0 Å². The van der Waals surface area contributed by atoms with Crippen LogP contribution in [0.2, 0.25) is 10.0 Å². The first-order valence-electron chi connectivity index (χ1n) is 11.0. The van der Waals surface area contributed by atoms with E-state index in [0.717, 1.165) is 16.1 Å². The van der Waals surface area contributed by atoms with Crippen molar-refractivity contribution in [1.29, 1.82) is 0 Å². The predicted molar refractivity (Wildman–Crippen MR) is 140 cm³/mol. The second-order valence-corrected chi connectivity index (χ2v) is 11.3. The lowest BCUT2D eigenvalue weighted by molar-refractivity contribution is -0.139. The third kappa shape index (κ3) is 8.30. The van der Waals surface area contributed by atoms with Crippen molar-refractivity contribution >= 4 is 50.7 Å². The fourth-order valence-corrected chi connectivity index (χ4v) is 4.35. The van der Waals surface area contributed by atoms with Crippen LogP contribution in [0.3, 0.4) is 0 Å². The summed E-state index contributed by atoms with van der Waals surface area (Å²) in [4.78, 5) is 27.7. The number of amides is 2. The molecule has 1 N–H and O–H groups in total. The Morgan fingerprint density at radius 2 is 1.66 bits per heavy atom. The molecule has 0 aliphatic heterocycles. The second-order valence-electron chi connectivity index (χ2n) is 8.55. The van der Waals surface area contributed by atoms with Gasteiger partial charge in [0.25, 0.3) is 0 Å². The van der Waals surface area contributed by atoms with Crippen molar-refractivity contribution in [1.82, 2.24) is 10.2 Å². The van der Waals surface area contributed by atoms with Crippen molar-refractivity contribution in [3.05, 3.63) is 58.1 Å². The summed E-state index contributed by atoms with van der Waals surface area (Å²) in [7, 11) is -2.31. The summed E-state index contributed by atoms with van der Waals surface area (Å²) in [6, 6.07) is 10.5. The molecule has 11 heteroatoms. The number of ether oxygens (including phenoxy) is 1. The molecule has 2 amide bonds. The largest absolute Gasteiger partial charge is 0.497 e. The number of sulfonamides is 1. The molecule has 0 saturated heterocycles. The Morgan fingerprint density at radius 1 is 1.03 bits per heavy atom. The molecule has 0 aromatic heterocycles. The zero-order chi connectivity index (χ0) is 26.3. The fourth-order valence-electron chi connectivity index (χ4n) is 3.22. The van der Waals surface area contributed by atoms with Crippen LogP contribution in [-0.2, 0) is 26.2 Å². The fraction of sp³-hybridized carbons (Fsp3) is 0.417. The van der Waals surface area contributed by atoms with E-state index >= 15 is 0 Å². The predicted octanol–water partition coefficient (Wildman–Crippen LogP) is 3.96. The third-order valence-corrected chi connectivity index (χ3v) is 7.11. The van der Waals surface area contributed by atoms with Crippen LogP contribution < -0.4 is 14.4 Å². The molecule has 0 heterocycles. The molecule has 2 aromatic carbocycles. The van der Waals surface area contributed by atoms with Crippen LogP contribution in [0.4, 0.5) is 5.69 Å². The van der Waals surface area contributed by atoms with Gasteiger partial charge in [-0.25, -0.2) is 8.42 Å². The highest BCUT2D eigenvalue weighted by Gasteiger charge is 2.30. The van der Waals surface area contributed by atoms with Gasteiger partial charge in [-0.1, -0.05) is 49.2 Å². The molecule has 35 heavy (non-hydrogen) atoms. The maximum absolute atomic E-state index is 13.5. The molecule has 0 radical (unpaired) electrons. The van der Waals surface area contributed by atoms with Crippen LogP contribution in [0.15, 0.2) is 42.5 Å². The van der Waals surface area contributed by atoms with E-state index in [0.29, 0.717) is 12.3 Å². The maximum atomic E-state index is 13.5. The van der Waals surface area contributed by atoms with E-state index in [4.69, 9.17) is 27.9 Å². The number of benzene rings is 2. The average molecular weight is 545 g/mol. The first-order valence-corrected chi connectivity index (χ1v) is 13.6. The van der Waals surface area contributed by atoms with Crippen LogP contribution in [0.25, 0.3) is 0 Å². The van der Waals surface area contributed by atoms with Gasteiger partial charge in [0.15, 0.2) is 0 Å². The van der Waals surface area contributed by atoms with Crippen LogP contribution in [0.1, 0.15) is 26.3 Å². The Hall–Kier alpha value is -2.49. The van der Waals surface area contributed by atoms with Crippen LogP contribution >= 0.6 is 23.2 Å². The van der Waals surface area contributed by atoms with E-state index in [9.17, 15) is 18.0 Å². The number of nitrogens with one attached hydrogen (secondary N) is 1. The highest BCUT2D eigenvalue weighted by atomic mass is 35.5. The number of carbonyl (C=O) groups is 2. The van der Waals surface area contributed by atoms with Crippen molar-refractivity contribution in [3.8, 4) is 5.75 Å². The minimum absolute atomic E-state index is 0.0953. The number of anilines is 1. The van der Waals surface area contributed by atoms with Crippen molar-refractivity contribution in [2.45, 2.75) is 33.4 Å². The van der Waals surface area contributed by atoms with Gasteiger partial charge in [-0.05, 0) is 48.7 Å². The van der Waals surface area contributed by atoms with Crippen LogP contribution in [-0.4, -0.2) is 57.6 Å². The lowest BCUT2D eigenvalue weighted by Gasteiger charge is -2.31. The van der Waals surface area contributed by atoms with Gasteiger partial charge >= 0.3 is 0 Å². The Bertz CT molecular complexity index is 1140. The van der Waals surface area contributed by atoms with Crippen molar-refractivity contribution < 1.29 is 22.7 Å². The van der Waals surface area contributed by atoms with Gasteiger partial charge in [0, 0.05) is 13.1 Å². The zero-order valence-corrected chi connectivity index (χ0v) is 22.7. The number of halogens is 2. The Labute approximate surface area is 217 Å². The summed E-state index contributed by atoms with van der Waals surface area (Å²) in [5.74, 6) is -0.00462. The van der Waals surface area contributed by atoms with Crippen molar-refractivity contribution in [2.24, 2.45) is 5.92 Å². The van der Waals surface area contributed by atoms with Crippen LogP contribution in [0.5, 0.6) is 5.75 Å². The number of rotatable bonds is 11. The van der Waals surface area contributed by atoms with Crippen molar-refractivity contribution in [2.75, 3.05) is 30.8 Å². The molecule has 192 valence electrons. The van der Waals surface area contributed by atoms with Gasteiger partial charge in [-0.2, -0.15) is 0 Å². The van der Waals surface area contributed by atoms with E-state index in [-0.39, 0.29) is 34.1 Å². The molecule has 0 aliphatic rings. The number of nitrogens with zero attached hydrogens (tertiary/aromatic N) is 2. The smallest absolute Gasteiger partial charge is 0.244 e. The van der Waals surface area contributed by atoms with E-state index in [2.05, 4.69) is 5.32 Å². The van der Waals surface area contributed by atoms with Gasteiger partial charge in [0.2, 0.25) is 21.8 Å². The summed E-state index contributed by atoms with van der Waals surface area (Å²) in [6.45, 7) is 5.57. The zero-order valence-electron chi connectivity index (χ0n) is 20.4. The van der Waals surface area contributed by atoms with E-state index in [1.165, 1.54) is 23.1 Å². The van der Waals surface area contributed by atoms with Crippen LogP contribution in [0, 0.1) is 5.92 Å². The molecule has 0 bridgehead atoms.